The van der Waals surface area contributed by atoms with E-state index in [1.807, 2.05) is 43.3 Å². The van der Waals surface area contributed by atoms with Crippen molar-refractivity contribution >= 4 is 11.6 Å². The number of rotatable bonds is 5. The number of carbonyl (C=O) groups is 1. The third-order valence-corrected chi connectivity index (χ3v) is 4.36. The number of anilines is 1. The SMILES string of the molecule is CCc1cc(C(N)COc2ccccc2)cc2c1NC(=O)C2C. The highest BCUT2D eigenvalue weighted by atomic mass is 16.5. The molecular formula is C19H22N2O2. The topological polar surface area (TPSA) is 64.3 Å². The minimum Gasteiger partial charge on any atom is -0.492 e. The molecule has 0 radical (unpaired) electrons. The van der Waals surface area contributed by atoms with Gasteiger partial charge in [-0.3, -0.25) is 4.79 Å². The lowest BCUT2D eigenvalue weighted by Crippen LogP contribution is -2.19. The fourth-order valence-corrected chi connectivity index (χ4v) is 2.91. The van der Waals surface area contributed by atoms with Crippen molar-refractivity contribution in [1.82, 2.24) is 0 Å². The van der Waals surface area contributed by atoms with E-state index in [1.54, 1.807) is 0 Å². The van der Waals surface area contributed by atoms with Crippen LogP contribution in [0, 0.1) is 0 Å². The molecule has 3 rings (SSSR count). The number of nitrogens with one attached hydrogen (secondary N) is 1. The molecule has 4 nitrogen and oxygen atoms in total. The number of para-hydroxylation sites is 1. The van der Waals surface area contributed by atoms with Crippen molar-refractivity contribution in [2.75, 3.05) is 11.9 Å². The highest BCUT2D eigenvalue weighted by Crippen LogP contribution is 2.37. The van der Waals surface area contributed by atoms with Crippen molar-refractivity contribution in [1.29, 1.82) is 0 Å². The molecule has 2 aromatic rings. The van der Waals surface area contributed by atoms with Crippen LogP contribution in [0.3, 0.4) is 0 Å². The summed E-state index contributed by atoms with van der Waals surface area (Å²) in [7, 11) is 0. The molecule has 0 saturated carbocycles. The maximum absolute atomic E-state index is 11.9. The molecule has 0 saturated heterocycles. The number of amides is 1. The van der Waals surface area contributed by atoms with Gasteiger partial charge in [0.05, 0.1) is 12.0 Å². The molecule has 3 N–H and O–H groups in total. The highest BCUT2D eigenvalue weighted by molar-refractivity contribution is 6.03. The van der Waals surface area contributed by atoms with Gasteiger partial charge in [-0.25, -0.2) is 0 Å². The molecule has 0 spiro atoms. The Hall–Kier alpha value is -2.33. The Bertz CT molecular complexity index is 713. The van der Waals surface area contributed by atoms with E-state index in [4.69, 9.17) is 10.5 Å². The van der Waals surface area contributed by atoms with Gasteiger partial charge in [0.25, 0.3) is 0 Å². The molecule has 4 heteroatoms. The van der Waals surface area contributed by atoms with Crippen LogP contribution in [-0.4, -0.2) is 12.5 Å². The number of carbonyl (C=O) groups excluding carboxylic acids is 1. The Labute approximate surface area is 136 Å². The molecule has 1 aliphatic rings. The second-order valence-corrected chi connectivity index (χ2v) is 5.94. The molecule has 23 heavy (non-hydrogen) atoms. The Kier molecular flexibility index (Phi) is 4.35. The fraction of sp³-hybridized carbons (Fsp3) is 0.316. The number of fused-ring (bicyclic) bond motifs is 1. The number of benzene rings is 2. The Morgan fingerprint density at radius 1 is 1.26 bits per heavy atom. The number of hydrogen-bond acceptors (Lipinski definition) is 3. The lowest BCUT2D eigenvalue weighted by Gasteiger charge is -2.17. The average Bonchev–Trinajstić information content (AvgIpc) is 2.87. The van der Waals surface area contributed by atoms with Crippen LogP contribution in [0.15, 0.2) is 42.5 Å². The number of ether oxygens (including phenoxy) is 1. The number of nitrogens with two attached hydrogens (primary N) is 1. The van der Waals surface area contributed by atoms with Crippen LogP contribution in [-0.2, 0) is 11.2 Å². The van der Waals surface area contributed by atoms with Gasteiger partial charge in [-0.1, -0.05) is 37.3 Å². The molecule has 2 unspecified atom stereocenters. The number of hydrogen-bond donors (Lipinski definition) is 2. The molecule has 0 bridgehead atoms. The average molecular weight is 310 g/mol. The van der Waals surface area contributed by atoms with Crippen LogP contribution in [0.5, 0.6) is 5.75 Å². The minimum absolute atomic E-state index is 0.0564. The third-order valence-electron chi connectivity index (χ3n) is 4.36. The minimum atomic E-state index is -0.228. The molecular weight excluding hydrogens is 288 g/mol. The third kappa shape index (κ3) is 3.08. The van der Waals surface area contributed by atoms with Gasteiger partial charge in [-0.15, -0.1) is 0 Å². The predicted octanol–water partition coefficient (Wildman–Crippen LogP) is 3.38. The molecule has 2 aromatic carbocycles. The second kappa shape index (κ2) is 6.42. The van der Waals surface area contributed by atoms with Crippen molar-refractivity contribution in [3.8, 4) is 5.75 Å². The Balaban J connectivity index is 1.81. The van der Waals surface area contributed by atoms with Crippen LogP contribution < -0.4 is 15.8 Å². The summed E-state index contributed by atoms with van der Waals surface area (Å²) >= 11 is 0. The summed E-state index contributed by atoms with van der Waals surface area (Å²) < 4.78 is 5.76. The zero-order valence-electron chi connectivity index (χ0n) is 13.5. The van der Waals surface area contributed by atoms with E-state index in [9.17, 15) is 4.79 Å². The van der Waals surface area contributed by atoms with Crippen LogP contribution in [0.25, 0.3) is 0 Å². The summed E-state index contributed by atoms with van der Waals surface area (Å²) in [6.45, 7) is 4.42. The van der Waals surface area contributed by atoms with E-state index in [-0.39, 0.29) is 17.9 Å². The molecule has 0 fully saturated rings. The summed E-state index contributed by atoms with van der Waals surface area (Å²) in [5, 5.41) is 2.98. The van der Waals surface area contributed by atoms with E-state index in [2.05, 4.69) is 18.3 Å². The van der Waals surface area contributed by atoms with Gasteiger partial charge in [0, 0.05) is 5.69 Å². The van der Waals surface area contributed by atoms with E-state index < -0.39 is 0 Å². The Morgan fingerprint density at radius 2 is 2.00 bits per heavy atom. The smallest absolute Gasteiger partial charge is 0.231 e. The van der Waals surface area contributed by atoms with E-state index in [1.165, 1.54) is 0 Å². The highest BCUT2D eigenvalue weighted by Gasteiger charge is 2.29. The van der Waals surface area contributed by atoms with Gasteiger partial charge in [0.1, 0.15) is 12.4 Å². The fourth-order valence-electron chi connectivity index (χ4n) is 2.91. The molecule has 1 amide bonds. The van der Waals surface area contributed by atoms with E-state index >= 15 is 0 Å². The largest absolute Gasteiger partial charge is 0.492 e. The van der Waals surface area contributed by atoms with E-state index in [0.717, 1.165) is 34.5 Å². The predicted molar refractivity (Wildman–Crippen MR) is 91.7 cm³/mol. The quantitative estimate of drug-likeness (QED) is 0.890. The zero-order chi connectivity index (χ0) is 16.4. The van der Waals surface area contributed by atoms with Gasteiger partial charge in [-0.2, -0.15) is 0 Å². The van der Waals surface area contributed by atoms with Crippen LogP contribution in [0.2, 0.25) is 0 Å². The summed E-state index contributed by atoms with van der Waals surface area (Å²) in [6.07, 6.45) is 0.857. The summed E-state index contributed by atoms with van der Waals surface area (Å²) in [5.41, 5.74) is 10.5. The normalized spacial score (nSPS) is 17.5. The first kappa shape index (κ1) is 15.6. The van der Waals surface area contributed by atoms with E-state index in [0.29, 0.717) is 6.61 Å². The first-order valence-electron chi connectivity index (χ1n) is 8.01. The van der Waals surface area contributed by atoms with Gasteiger partial charge in [0.15, 0.2) is 0 Å². The molecule has 1 aliphatic heterocycles. The van der Waals surface area contributed by atoms with Crippen molar-refractivity contribution < 1.29 is 9.53 Å². The lowest BCUT2D eigenvalue weighted by atomic mass is 9.94. The van der Waals surface area contributed by atoms with Crippen molar-refractivity contribution in [2.45, 2.75) is 32.2 Å². The van der Waals surface area contributed by atoms with Gasteiger partial charge >= 0.3 is 0 Å². The van der Waals surface area contributed by atoms with Crippen molar-refractivity contribution in [2.24, 2.45) is 5.73 Å². The zero-order valence-corrected chi connectivity index (χ0v) is 13.5. The van der Waals surface area contributed by atoms with Crippen LogP contribution >= 0.6 is 0 Å². The summed E-state index contributed by atoms with van der Waals surface area (Å²) in [6, 6.07) is 13.5. The number of aryl methyl sites for hydroxylation is 1. The lowest BCUT2D eigenvalue weighted by molar-refractivity contribution is -0.116. The molecule has 2 atom stereocenters. The standard InChI is InChI=1S/C19H22N2O2/c1-3-13-9-14(10-16-12(2)19(22)21-18(13)16)17(20)11-23-15-7-5-4-6-8-15/h4-10,12,17H,3,11,20H2,1-2H3,(H,21,22). The van der Waals surface area contributed by atoms with Gasteiger partial charge in [-0.05, 0) is 42.2 Å². The maximum atomic E-state index is 11.9. The van der Waals surface area contributed by atoms with Gasteiger partial charge < -0.3 is 15.8 Å². The Morgan fingerprint density at radius 3 is 2.70 bits per heavy atom. The van der Waals surface area contributed by atoms with Crippen LogP contribution in [0.4, 0.5) is 5.69 Å². The van der Waals surface area contributed by atoms with Crippen molar-refractivity contribution in [3.63, 3.8) is 0 Å². The first-order chi connectivity index (χ1) is 11.1. The first-order valence-corrected chi connectivity index (χ1v) is 8.01. The van der Waals surface area contributed by atoms with Crippen molar-refractivity contribution in [3.05, 3.63) is 59.2 Å². The monoisotopic (exact) mass is 310 g/mol. The maximum Gasteiger partial charge on any atom is 0.231 e. The second-order valence-electron chi connectivity index (χ2n) is 5.94. The van der Waals surface area contributed by atoms with Crippen LogP contribution in [0.1, 0.15) is 42.5 Å². The summed E-state index contributed by atoms with van der Waals surface area (Å²) in [4.78, 5) is 11.9. The summed E-state index contributed by atoms with van der Waals surface area (Å²) in [5.74, 6) is 0.739. The molecule has 1 heterocycles. The molecule has 0 aliphatic carbocycles. The van der Waals surface area contributed by atoms with Gasteiger partial charge in [0.2, 0.25) is 5.91 Å². The molecule has 120 valence electrons. The molecule has 0 aromatic heterocycles.